The van der Waals surface area contributed by atoms with Crippen LogP contribution in [0.3, 0.4) is 0 Å². The van der Waals surface area contributed by atoms with Gasteiger partial charge in [-0.1, -0.05) is 18.1 Å². The fourth-order valence-electron chi connectivity index (χ4n) is 3.03. The molecule has 142 valence electrons. The van der Waals surface area contributed by atoms with E-state index in [2.05, 4.69) is 11.8 Å². The molecule has 0 radical (unpaired) electrons. The van der Waals surface area contributed by atoms with Crippen molar-refractivity contribution in [3.8, 4) is 23.0 Å². The lowest BCUT2D eigenvalue weighted by molar-refractivity contribution is -0.106. The van der Waals surface area contributed by atoms with Crippen LogP contribution in [0.1, 0.15) is 6.92 Å². The van der Waals surface area contributed by atoms with Crippen molar-refractivity contribution in [2.75, 3.05) is 31.2 Å². The van der Waals surface area contributed by atoms with Crippen molar-refractivity contribution in [1.82, 2.24) is 0 Å². The number of benzene rings is 1. The maximum absolute atomic E-state index is 12.6. The SMILES string of the molecule is CC#CC(=O)Sc1cccc(-c2csc3c(=O)cc(N4CCOCC4)oc23)c1. The van der Waals surface area contributed by atoms with Gasteiger partial charge in [0.25, 0.3) is 5.12 Å². The second kappa shape index (κ2) is 8.23. The first-order chi connectivity index (χ1) is 13.7. The molecule has 2 aromatic heterocycles. The number of fused-ring (bicyclic) bond motifs is 1. The van der Waals surface area contributed by atoms with Gasteiger partial charge >= 0.3 is 0 Å². The van der Waals surface area contributed by atoms with Gasteiger partial charge in [0.15, 0.2) is 11.5 Å². The van der Waals surface area contributed by atoms with Crippen LogP contribution in [-0.2, 0) is 9.53 Å². The second-order valence-electron chi connectivity index (χ2n) is 6.15. The summed E-state index contributed by atoms with van der Waals surface area (Å²) < 4.78 is 12.1. The summed E-state index contributed by atoms with van der Waals surface area (Å²) in [7, 11) is 0. The zero-order valence-corrected chi connectivity index (χ0v) is 16.8. The topological polar surface area (TPSA) is 59.8 Å². The van der Waals surface area contributed by atoms with Gasteiger partial charge in [-0.25, -0.2) is 0 Å². The molecule has 3 aromatic rings. The van der Waals surface area contributed by atoms with Crippen LogP contribution in [0.2, 0.25) is 0 Å². The Kier molecular flexibility index (Phi) is 5.53. The molecule has 0 spiro atoms. The maximum atomic E-state index is 12.6. The largest absolute Gasteiger partial charge is 0.439 e. The molecule has 0 atom stereocenters. The Labute approximate surface area is 170 Å². The van der Waals surface area contributed by atoms with E-state index in [1.54, 1.807) is 13.0 Å². The lowest BCUT2D eigenvalue weighted by Gasteiger charge is -2.27. The van der Waals surface area contributed by atoms with Crippen molar-refractivity contribution in [2.24, 2.45) is 0 Å². The Hall–Kier alpha value is -2.53. The van der Waals surface area contributed by atoms with Gasteiger partial charge in [0.1, 0.15) is 4.70 Å². The quantitative estimate of drug-likeness (QED) is 0.480. The Bertz CT molecular complexity index is 1150. The highest BCUT2D eigenvalue weighted by atomic mass is 32.2. The summed E-state index contributed by atoms with van der Waals surface area (Å²) in [5.74, 6) is 5.71. The average molecular weight is 412 g/mol. The first-order valence-electron chi connectivity index (χ1n) is 8.79. The van der Waals surface area contributed by atoms with E-state index in [4.69, 9.17) is 9.15 Å². The van der Waals surface area contributed by atoms with Gasteiger partial charge in [-0.3, -0.25) is 9.59 Å². The number of nitrogens with zero attached hydrogens (tertiary/aromatic N) is 1. The van der Waals surface area contributed by atoms with Crippen LogP contribution in [0, 0.1) is 11.8 Å². The van der Waals surface area contributed by atoms with Gasteiger partial charge < -0.3 is 14.1 Å². The molecule has 3 heterocycles. The molecule has 0 bridgehead atoms. The highest BCUT2D eigenvalue weighted by Gasteiger charge is 2.18. The van der Waals surface area contributed by atoms with Crippen molar-refractivity contribution in [1.29, 1.82) is 0 Å². The number of morpholine rings is 1. The van der Waals surface area contributed by atoms with E-state index in [9.17, 15) is 9.59 Å². The Morgan fingerprint density at radius 2 is 2.07 bits per heavy atom. The first-order valence-corrected chi connectivity index (χ1v) is 10.5. The smallest absolute Gasteiger partial charge is 0.267 e. The number of hydrogen-bond donors (Lipinski definition) is 0. The number of rotatable bonds is 3. The summed E-state index contributed by atoms with van der Waals surface area (Å²) in [5, 5.41) is 1.73. The molecule has 4 rings (SSSR count). The van der Waals surface area contributed by atoms with Gasteiger partial charge in [0, 0.05) is 35.0 Å². The van der Waals surface area contributed by atoms with E-state index in [1.165, 1.54) is 11.3 Å². The molecular formula is C21H17NO4S2. The number of carbonyl (C=O) groups is 1. The predicted molar refractivity (Wildman–Crippen MR) is 113 cm³/mol. The molecule has 28 heavy (non-hydrogen) atoms. The van der Waals surface area contributed by atoms with E-state index >= 15 is 0 Å². The number of anilines is 1. The summed E-state index contributed by atoms with van der Waals surface area (Å²) in [4.78, 5) is 27.2. The third-order valence-corrected chi connectivity index (χ3v) is 6.09. The lowest BCUT2D eigenvalue weighted by atomic mass is 10.1. The molecule has 0 aliphatic carbocycles. The molecule has 1 saturated heterocycles. The summed E-state index contributed by atoms with van der Waals surface area (Å²) in [6.45, 7) is 4.26. The summed E-state index contributed by atoms with van der Waals surface area (Å²) >= 11 is 2.46. The second-order valence-corrected chi connectivity index (χ2v) is 8.07. The highest BCUT2D eigenvalue weighted by molar-refractivity contribution is 8.14. The van der Waals surface area contributed by atoms with Gasteiger partial charge in [-0.15, -0.1) is 11.3 Å². The summed E-state index contributed by atoms with van der Waals surface area (Å²) in [5.41, 5.74) is 2.29. The van der Waals surface area contributed by atoms with Crippen LogP contribution in [0.4, 0.5) is 5.88 Å². The highest BCUT2D eigenvalue weighted by Crippen LogP contribution is 2.36. The van der Waals surface area contributed by atoms with Gasteiger partial charge in [-0.2, -0.15) is 0 Å². The van der Waals surface area contributed by atoms with Gasteiger partial charge in [0.2, 0.25) is 5.43 Å². The van der Waals surface area contributed by atoms with Gasteiger partial charge in [0.05, 0.1) is 13.2 Å². The number of ether oxygens (including phenoxy) is 1. The molecule has 1 fully saturated rings. The average Bonchev–Trinajstić information content (AvgIpc) is 3.14. The summed E-state index contributed by atoms with van der Waals surface area (Å²) in [6.07, 6.45) is 0. The third-order valence-electron chi connectivity index (χ3n) is 4.34. The molecular weight excluding hydrogens is 394 g/mol. The number of thiophene rings is 1. The number of thioether (sulfide) groups is 1. The lowest BCUT2D eigenvalue weighted by Crippen LogP contribution is -2.36. The minimum absolute atomic E-state index is 0.0436. The zero-order valence-electron chi connectivity index (χ0n) is 15.2. The zero-order chi connectivity index (χ0) is 19.5. The number of hydrogen-bond acceptors (Lipinski definition) is 7. The molecule has 0 unspecified atom stereocenters. The fourth-order valence-corrected chi connectivity index (χ4v) is 4.64. The van der Waals surface area contributed by atoms with E-state index in [0.717, 1.165) is 27.8 Å². The monoisotopic (exact) mass is 411 g/mol. The molecule has 0 saturated carbocycles. The van der Waals surface area contributed by atoms with E-state index in [1.807, 2.05) is 34.5 Å². The predicted octanol–water partition coefficient (Wildman–Crippen LogP) is 4.00. The van der Waals surface area contributed by atoms with E-state index in [-0.39, 0.29) is 10.5 Å². The molecule has 5 nitrogen and oxygen atoms in total. The minimum Gasteiger partial charge on any atom is -0.439 e. The van der Waals surface area contributed by atoms with Crippen LogP contribution in [0.25, 0.3) is 21.4 Å². The van der Waals surface area contributed by atoms with Crippen LogP contribution in [-0.4, -0.2) is 31.4 Å². The minimum atomic E-state index is -0.198. The molecule has 1 aliphatic rings. The van der Waals surface area contributed by atoms with Crippen LogP contribution >= 0.6 is 23.1 Å². The molecule has 0 amide bonds. The van der Waals surface area contributed by atoms with Crippen LogP contribution < -0.4 is 10.3 Å². The fraction of sp³-hybridized carbons (Fsp3) is 0.238. The van der Waals surface area contributed by atoms with Crippen molar-refractivity contribution in [3.63, 3.8) is 0 Å². The standard InChI is InChI=1S/C21H17NO4S2/c1-2-4-19(24)28-15-6-3-5-14(11-15)16-13-27-21-17(23)12-18(26-20(16)21)22-7-9-25-10-8-22/h3,5-6,11-13H,7-10H2,1H3. The summed E-state index contributed by atoms with van der Waals surface area (Å²) in [6, 6.07) is 9.18. The Balaban J connectivity index is 1.74. The molecule has 1 aromatic carbocycles. The normalized spacial score (nSPS) is 14.0. The molecule has 0 N–H and O–H groups in total. The van der Waals surface area contributed by atoms with Crippen LogP contribution in [0.15, 0.2) is 49.8 Å². The Morgan fingerprint density at radius 3 is 2.86 bits per heavy atom. The maximum Gasteiger partial charge on any atom is 0.267 e. The van der Waals surface area contributed by atoms with Crippen LogP contribution in [0.5, 0.6) is 0 Å². The van der Waals surface area contributed by atoms with Crippen molar-refractivity contribution < 1.29 is 13.9 Å². The van der Waals surface area contributed by atoms with E-state index < -0.39 is 0 Å². The van der Waals surface area contributed by atoms with Crippen molar-refractivity contribution in [2.45, 2.75) is 11.8 Å². The Morgan fingerprint density at radius 1 is 1.25 bits per heavy atom. The molecule has 1 aliphatic heterocycles. The third kappa shape index (κ3) is 3.85. The molecule has 7 heteroatoms. The van der Waals surface area contributed by atoms with Gasteiger partial charge in [-0.05, 0) is 42.3 Å². The van der Waals surface area contributed by atoms with Crippen molar-refractivity contribution in [3.05, 3.63) is 45.9 Å². The number of carbonyl (C=O) groups excluding carboxylic acids is 1. The van der Waals surface area contributed by atoms with Crippen molar-refractivity contribution >= 4 is 44.4 Å². The first kappa shape index (κ1) is 18.8. The van der Waals surface area contributed by atoms with E-state index in [0.29, 0.717) is 42.5 Å².